The second kappa shape index (κ2) is 7.08. The Balaban J connectivity index is 3.05. The zero-order valence-corrected chi connectivity index (χ0v) is 13.8. The van der Waals surface area contributed by atoms with Gasteiger partial charge in [-0.3, -0.25) is 0 Å². The minimum absolute atomic E-state index is 0.0112. The van der Waals surface area contributed by atoms with Gasteiger partial charge in [-0.25, -0.2) is 8.42 Å². The maximum absolute atomic E-state index is 12.4. The summed E-state index contributed by atoms with van der Waals surface area (Å²) < 4.78 is 62.3. The molecule has 0 aromatic carbocycles. The molecule has 1 heterocycles. The molecule has 1 rings (SSSR count). The van der Waals surface area contributed by atoms with Gasteiger partial charge in [0.15, 0.2) is 0 Å². The Morgan fingerprint density at radius 3 is 2.52 bits per heavy atom. The van der Waals surface area contributed by atoms with Crippen LogP contribution in [0.4, 0.5) is 13.2 Å². The Kier molecular flexibility index (Phi) is 6.21. The van der Waals surface area contributed by atoms with Crippen LogP contribution in [0.1, 0.15) is 23.8 Å². The lowest BCUT2D eigenvalue weighted by molar-refractivity contribution is -0.134. The van der Waals surface area contributed by atoms with Gasteiger partial charge in [-0.15, -0.1) is 11.3 Å². The van der Waals surface area contributed by atoms with Gasteiger partial charge in [0.1, 0.15) is 11.4 Å². The fraction of sp³-hybridized carbons (Fsp3) is 0.667. The standard InChI is InChI=1S/C12H19F3N2O2S2/c1-4-5-16-6-10-11(9(2)7-20-10)21(18,19)17(3)8-12(13,14)15/h7,16H,4-6,8H2,1-3H3. The number of halogens is 3. The van der Waals surface area contributed by atoms with E-state index in [9.17, 15) is 21.6 Å². The van der Waals surface area contributed by atoms with E-state index >= 15 is 0 Å². The molecular weight excluding hydrogens is 325 g/mol. The minimum atomic E-state index is -4.56. The highest BCUT2D eigenvalue weighted by Gasteiger charge is 2.36. The first kappa shape index (κ1) is 18.4. The summed E-state index contributed by atoms with van der Waals surface area (Å²) in [5.41, 5.74) is 0.474. The largest absolute Gasteiger partial charge is 0.402 e. The van der Waals surface area contributed by atoms with Gasteiger partial charge in [-0.1, -0.05) is 6.92 Å². The number of nitrogens with one attached hydrogen (secondary N) is 1. The number of rotatable bonds is 7. The Hall–Kier alpha value is -0.640. The van der Waals surface area contributed by atoms with E-state index in [-0.39, 0.29) is 4.90 Å². The van der Waals surface area contributed by atoms with E-state index in [4.69, 9.17) is 0 Å². The lowest BCUT2D eigenvalue weighted by Crippen LogP contribution is -2.36. The predicted octanol–water partition coefficient (Wildman–Crippen LogP) is 2.74. The topological polar surface area (TPSA) is 49.4 Å². The Morgan fingerprint density at radius 1 is 1.38 bits per heavy atom. The first-order valence-electron chi connectivity index (χ1n) is 6.40. The highest BCUT2D eigenvalue weighted by Crippen LogP contribution is 2.30. The maximum Gasteiger partial charge on any atom is 0.402 e. The van der Waals surface area contributed by atoms with E-state index in [1.54, 1.807) is 12.3 Å². The van der Waals surface area contributed by atoms with Crippen LogP contribution in [0.3, 0.4) is 0 Å². The first-order valence-corrected chi connectivity index (χ1v) is 8.72. The molecule has 0 aliphatic heterocycles. The molecule has 122 valence electrons. The van der Waals surface area contributed by atoms with E-state index in [1.807, 2.05) is 6.92 Å². The summed E-state index contributed by atoms with van der Waals surface area (Å²) in [5, 5.41) is 4.72. The van der Waals surface area contributed by atoms with Crippen LogP contribution in [0.5, 0.6) is 0 Å². The molecule has 0 atom stereocenters. The Labute approximate surface area is 127 Å². The van der Waals surface area contributed by atoms with Gasteiger partial charge in [0.25, 0.3) is 0 Å². The van der Waals surface area contributed by atoms with E-state index in [1.165, 1.54) is 11.3 Å². The summed E-state index contributed by atoms with van der Waals surface area (Å²) in [7, 11) is -3.20. The van der Waals surface area contributed by atoms with E-state index in [0.717, 1.165) is 20.0 Å². The van der Waals surface area contributed by atoms with Crippen LogP contribution in [0.2, 0.25) is 0 Å². The quantitative estimate of drug-likeness (QED) is 0.774. The number of hydrogen-bond donors (Lipinski definition) is 1. The summed E-state index contributed by atoms with van der Waals surface area (Å²) in [4.78, 5) is 0.526. The van der Waals surface area contributed by atoms with Crippen molar-refractivity contribution in [2.75, 3.05) is 20.1 Å². The Morgan fingerprint density at radius 2 is 2.00 bits per heavy atom. The molecule has 1 aromatic heterocycles. The molecule has 0 radical (unpaired) electrons. The summed E-state index contributed by atoms with van der Waals surface area (Å²) >= 11 is 1.24. The molecule has 0 unspecified atom stereocenters. The molecule has 0 amide bonds. The summed E-state index contributed by atoms with van der Waals surface area (Å²) in [6, 6.07) is 0. The molecular formula is C12H19F3N2O2S2. The van der Waals surface area contributed by atoms with Gasteiger partial charge < -0.3 is 5.32 Å². The van der Waals surface area contributed by atoms with E-state index < -0.39 is 22.7 Å². The third-order valence-electron chi connectivity index (χ3n) is 2.77. The first-order chi connectivity index (χ1) is 9.59. The number of sulfonamides is 1. The molecule has 0 saturated heterocycles. The molecule has 0 saturated carbocycles. The van der Waals surface area contributed by atoms with Crippen molar-refractivity contribution in [2.24, 2.45) is 0 Å². The second-order valence-electron chi connectivity index (χ2n) is 4.72. The van der Waals surface area contributed by atoms with Gasteiger partial charge in [0.2, 0.25) is 10.0 Å². The van der Waals surface area contributed by atoms with Gasteiger partial charge in [0.05, 0.1) is 0 Å². The summed E-state index contributed by atoms with van der Waals surface area (Å²) in [6.07, 6.45) is -3.67. The zero-order valence-electron chi connectivity index (χ0n) is 12.1. The fourth-order valence-electron chi connectivity index (χ4n) is 1.83. The van der Waals surface area contributed by atoms with Crippen molar-refractivity contribution in [2.45, 2.75) is 37.9 Å². The SMILES string of the molecule is CCCNCc1scc(C)c1S(=O)(=O)N(C)CC(F)(F)F. The molecule has 0 fully saturated rings. The summed E-state index contributed by atoms with van der Waals surface area (Å²) in [6.45, 7) is 3.12. The van der Waals surface area contributed by atoms with Crippen molar-refractivity contribution in [3.05, 3.63) is 15.8 Å². The van der Waals surface area contributed by atoms with Gasteiger partial charge in [0, 0.05) is 18.5 Å². The van der Waals surface area contributed by atoms with Crippen LogP contribution in [-0.4, -0.2) is 39.0 Å². The molecule has 1 aromatic rings. The molecule has 21 heavy (non-hydrogen) atoms. The second-order valence-corrected chi connectivity index (χ2v) is 7.67. The number of alkyl halides is 3. The molecule has 4 nitrogen and oxygen atoms in total. The highest BCUT2D eigenvalue weighted by atomic mass is 32.2. The molecule has 0 spiro atoms. The van der Waals surface area contributed by atoms with Crippen LogP contribution in [-0.2, 0) is 16.6 Å². The molecule has 0 aliphatic rings. The molecule has 9 heteroatoms. The molecule has 0 aliphatic carbocycles. The van der Waals surface area contributed by atoms with Crippen molar-refractivity contribution < 1.29 is 21.6 Å². The monoisotopic (exact) mass is 344 g/mol. The predicted molar refractivity (Wildman–Crippen MR) is 76.9 cm³/mol. The lowest BCUT2D eigenvalue weighted by atomic mass is 10.3. The zero-order chi connectivity index (χ0) is 16.3. The Bertz CT molecular complexity index is 568. The van der Waals surface area contributed by atoms with Crippen LogP contribution < -0.4 is 5.32 Å². The van der Waals surface area contributed by atoms with Crippen molar-refractivity contribution in [3.8, 4) is 0 Å². The normalized spacial score (nSPS) is 13.1. The van der Waals surface area contributed by atoms with Crippen LogP contribution in [0, 0.1) is 6.92 Å². The van der Waals surface area contributed by atoms with Gasteiger partial charge in [-0.2, -0.15) is 17.5 Å². The van der Waals surface area contributed by atoms with Crippen molar-refractivity contribution in [1.82, 2.24) is 9.62 Å². The van der Waals surface area contributed by atoms with Crippen LogP contribution in [0.15, 0.2) is 10.3 Å². The molecule has 0 bridgehead atoms. The van der Waals surface area contributed by atoms with Crippen molar-refractivity contribution in [3.63, 3.8) is 0 Å². The lowest BCUT2D eigenvalue weighted by Gasteiger charge is -2.19. The van der Waals surface area contributed by atoms with Gasteiger partial charge >= 0.3 is 6.18 Å². The smallest absolute Gasteiger partial charge is 0.312 e. The maximum atomic E-state index is 12.4. The number of hydrogen-bond acceptors (Lipinski definition) is 4. The van der Waals surface area contributed by atoms with Gasteiger partial charge in [-0.05, 0) is 30.8 Å². The minimum Gasteiger partial charge on any atom is -0.312 e. The number of aryl methyl sites for hydroxylation is 1. The van der Waals surface area contributed by atoms with Crippen molar-refractivity contribution in [1.29, 1.82) is 0 Å². The summed E-state index contributed by atoms with van der Waals surface area (Å²) in [5.74, 6) is 0. The van der Waals surface area contributed by atoms with E-state index in [0.29, 0.717) is 21.3 Å². The number of nitrogens with zero attached hydrogens (tertiary/aromatic N) is 1. The third-order valence-corrected chi connectivity index (χ3v) is 6.04. The third kappa shape index (κ3) is 4.94. The number of thiophene rings is 1. The molecule has 1 N–H and O–H groups in total. The van der Waals surface area contributed by atoms with Crippen molar-refractivity contribution >= 4 is 21.4 Å². The average molecular weight is 344 g/mol. The van der Waals surface area contributed by atoms with Crippen LogP contribution >= 0.6 is 11.3 Å². The van der Waals surface area contributed by atoms with Crippen LogP contribution in [0.25, 0.3) is 0 Å². The van der Waals surface area contributed by atoms with E-state index in [2.05, 4.69) is 5.32 Å². The highest BCUT2D eigenvalue weighted by molar-refractivity contribution is 7.89. The fourth-order valence-corrected chi connectivity index (χ4v) is 4.71. The average Bonchev–Trinajstić information content (AvgIpc) is 2.69.